The van der Waals surface area contributed by atoms with Gasteiger partial charge in [-0.15, -0.1) is 11.3 Å². The lowest BCUT2D eigenvalue weighted by Gasteiger charge is -2.38. The monoisotopic (exact) mass is 225 g/mol. The van der Waals surface area contributed by atoms with Gasteiger partial charge in [0.1, 0.15) is 0 Å². The smallest absolute Gasteiger partial charge is 0.0795 e. The largest absolute Gasteiger partial charge is 0.327 e. The van der Waals surface area contributed by atoms with E-state index in [9.17, 15) is 0 Å². The molecule has 1 aromatic rings. The molecule has 4 heteroatoms. The van der Waals surface area contributed by atoms with Gasteiger partial charge in [0, 0.05) is 24.5 Å². The fourth-order valence-electron chi connectivity index (χ4n) is 2.16. The van der Waals surface area contributed by atoms with Crippen LogP contribution in [-0.4, -0.2) is 29.0 Å². The third-order valence-electron chi connectivity index (χ3n) is 3.43. The minimum absolute atomic E-state index is 0.379. The second-order valence-corrected chi connectivity index (χ2v) is 5.23. The molecular formula is C11H19N3S. The van der Waals surface area contributed by atoms with E-state index in [-0.39, 0.29) is 0 Å². The van der Waals surface area contributed by atoms with Crippen LogP contribution in [0, 0.1) is 5.92 Å². The number of hydrogen-bond donors (Lipinski definition) is 1. The van der Waals surface area contributed by atoms with E-state index < -0.39 is 0 Å². The second kappa shape index (κ2) is 4.60. The third kappa shape index (κ3) is 2.38. The molecule has 0 aliphatic carbocycles. The lowest BCUT2D eigenvalue weighted by Crippen LogP contribution is -2.46. The van der Waals surface area contributed by atoms with E-state index in [1.807, 2.05) is 5.51 Å². The van der Waals surface area contributed by atoms with E-state index in [1.165, 1.54) is 5.69 Å². The quantitative estimate of drug-likeness (QED) is 0.835. The molecule has 2 N–H and O–H groups in total. The topological polar surface area (TPSA) is 42.2 Å². The maximum Gasteiger partial charge on any atom is 0.0795 e. The minimum atomic E-state index is 0.379. The first-order chi connectivity index (χ1) is 7.18. The van der Waals surface area contributed by atoms with Gasteiger partial charge in [0.2, 0.25) is 0 Å². The van der Waals surface area contributed by atoms with Gasteiger partial charge in [-0.05, 0) is 19.3 Å². The van der Waals surface area contributed by atoms with Crippen molar-refractivity contribution in [1.82, 2.24) is 9.88 Å². The fraction of sp³-hybridized carbons (Fsp3) is 0.727. The van der Waals surface area contributed by atoms with Gasteiger partial charge in [0.25, 0.3) is 0 Å². The van der Waals surface area contributed by atoms with Crippen LogP contribution < -0.4 is 5.73 Å². The predicted octanol–water partition coefficient (Wildman–Crippen LogP) is 1.87. The summed E-state index contributed by atoms with van der Waals surface area (Å²) >= 11 is 1.67. The molecular weight excluding hydrogens is 206 g/mol. The van der Waals surface area contributed by atoms with Crippen molar-refractivity contribution in [3.05, 3.63) is 16.6 Å². The highest BCUT2D eigenvalue weighted by atomic mass is 32.1. The zero-order valence-electron chi connectivity index (χ0n) is 9.39. The molecule has 0 aromatic carbocycles. The van der Waals surface area contributed by atoms with Crippen molar-refractivity contribution in [2.45, 2.75) is 32.4 Å². The molecule has 2 heterocycles. The Kier molecular flexibility index (Phi) is 3.38. The summed E-state index contributed by atoms with van der Waals surface area (Å²) in [5.41, 5.74) is 9.12. The molecule has 1 aliphatic rings. The van der Waals surface area contributed by atoms with Crippen molar-refractivity contribution in [1.29, 1.82) is 0 Å². The summed E-state index contributed by atoms with van der Waals surface area (Å²) in [4.78, 5) is 6.87. The molecule has 3 nitrogen and oxygen atoms in total. The number of likely N-dealkylation sites (tertiary alicyclic amines) is 1. The molecule has 1 aromatic heterocycles. The summed E-state index contributed by atoms with van der Waals surface area (Å²) in [6, 6.07) is 0.815. The average Bonchev–Trinajstić information content (AvgIpc) is 2.74. The maximum absolute atomic E-state index is 6.02. The van der Waals surface area contributed by atoms with Crippen LogP contribution in [0.2, 0.25) is 0 Å². The van der Waals surface area contributed by atoms with Gasteiger partial charge < -0.3 is 5.73 Å². The minimum Gasteiger partial charge on any atom is -0.327 e. The number of hydrogen-bond acceptors (Lipinski definition) is 4. The Balaban J connectivity index is 2.00. The van der Waals surface area contributed by atoms with Gasteiger partial charge >= 0.3 is 0 Å². The number of piperidine rings is 1. The highest BCUT2D eigenvalue weighted by molar-refractivity contribution is 7.07. The molecule has 1 fully saturated rings. The molecule has 1 saturated heterocycles. The van der Waals surface area contributed by atoms with Crippen LogP contribution >= 0.6 is 11.3 Å². The van der Waals surface area contributed by atoms with Crippen molar-refractivity contribution in [3.8, 4) is 0 Å². The first-order valence-corrected chi connectivity index (χ1v) is 6.50. The normalized spacial score (nSPS) is 30.3. The van der Waals surface area contributed by atoms with E-state index in [0.29, 0.717) is 18.0 Å². The zero-order chi connectivity index (χ0) is 10.8. The molecule has 3 unspecified atom stereocenters. The molecule has 84 valence electrons. The molecule has 0 radical (unpaired) electrons. The number of thiazole rings is 1. The molecule has 0 amide bonds. The van der Waals surface area contributed by atoms with Gasteiger partial charge in [-0.3, -0.25) is 4.90 Å². The number of nitrogens with two attached hydrogens (primary N) is 1. The van der Waals surface area contributed by atoms with Gasteiger partial charge in [-0.25, -0.2) is 4.98 Å². The SMILES string of the molecule is CC1CN(C(C)c2cscn2)CCC1N. The van der Waals surface area contributed by atoms with Crippen molar-refractivity contribution in [2.75, 3.05) is 13.1 Å². The first kappa shape index (κ1) is 11.0. The Morgan fingerprint density at radius 2 is 2.47 bits per heavy atom. The van der Waals surface area contributed by atoms with Crippen molar-refractivity contribution in [2.24, 2.45) is 11.7 Å². The van der Waals surface area contributed by atoms with E-state index in [4.69, 9.17) is 5.73 Å². The van der Waals surface area contributed by atoms with Crippen LogP contribution in [0.5, 0.6) is 0 Å². The fourth-order valence-corrected chi connectivity index (χ4v) is 2.80. The lowest BCUT2D eigenvalue weighted by atomic mass is 9.93. The summed E-state index contributed by atoms with van der Waals surface area (Å²) in [7, 11) is 0. The average molecular weight is 225 g/mol. The highest BCUT2D eigenvalue weighted by Crippen LogP contribution is 2.25. The standard InChI is InChI=1S/C11H19N3S/c1-8-5-14(4-3-10(8)12)9(2)11-6-15-7-13-11/h6-10H,3-5,12H2,1-2H3. The van der Waals surface area contributed by atoms with Crippen molar-refractivity contribution < 1.29 is 0 Å². The Bertz CT molecular complexity index is 299. The molecule has 15 heavy (non-hydrogen) atoms. The number of rotatable bonds is 2. The Morgan fingerprint density at radius 3 is 3.07 bits per heavy atom. The summed E-state index contributed by atoms with van der Waals surface area (Å²) in [5, 5.41) is 2.14. The lowest BCUT2D eigenvalue weighted by molar-refractivity contribution is 0.122. The molecule has 0 bridgehead atoms. The zero-order valence-corrected chi connectivity index (χ0v) is 10.2. The van der Waals surface area contributed by atoms with Gasteiger partial charge in [0.05, 0.1) is 17.2 Å². The van der Waals surface area contributed by atoms with Crippen LogP contribution in [0.3, 0.4) is 0 Å². The van der Waals surface area contributed by atoms with Crippen LogP contribution in [-0.2, 0) is 0 Å². The Morgan fingerprint density at radius 1 is 1.67 bits per heavy atom. The highest BCUT2D eigenvalue weighted by Gasteiger charge is 2.27. The molecule has 0 saturated carbocycles. The summed E-state index contributed by atoms with van der Waals surface area (Å²) < 4.78 is 0. The molecule has 1 aliphatic heterocycles. The van der Waals surface area contributed by atoms with Crippen molar-refractivity contribution >= 4 is 11.3 Å². The summed E-state index contributed by atoms with van der Waals surface area (Å²) in [5.74, 6) is 0.597. The van der Waals surface area contributed by atoms with E-state index in [0.717, 1.165) is 19.5 Å². The van der Waals surface area contributed by atoms with Crippen LogP contribution in [0.15, 0.2) is 10.9 Å². The molecule has 3 atom stereocenters. The number of nitrogens with zero attached hydrogens (tertiary/aromatic N) is 2. The van der Waals surface area contributed by atoms with E-state index in [1.54, 1.807) is 11.3 Å². The van der Waals surface area contributed by atoms with Gasteiger partial charge in [-0.1, -0.05) is 6.92 Å². The maximum atomic E-state index is 6.02. The van der Waals surface area contributed by atoms with Gasteiger partial charge in [-0.2, -0.15) is 0 Å². The second-order valence-electron chi connectivity index (χ2n) is 4.51. The van der Waals surface area contributed by atoms with Crippen molar-refractivity contribution in [3.63, 3.8) is 0 Å². The van der Waals surface area contributed by atoms with Crippen LogP contribution in [0.25, 0.3) is 0 Å². The summed E-state index contributed by atoms with van der Waals surface area (Å²) in [6.45, 7) is 6.67. The Labute approximate surface area is 95.3 Å². The van der Waals surface area contributed by atoms with Crippen LogP contribution in [0.4, 0.5) is 0 Å². The number of aromatic nitrogens is 1. The summed E-state index contributed by atoms with van der Waals surface area (Å²) in [6.07, 6.45) is 1.11. The first-order valence-electron chi connectivity index (χ1n) is 5.56. The van der Waals surface area contributed by atoms with Crippen LogP contribution in [0.1, 0.15) is 32.0 Å². The van der Waals surface area contributed by atoms with Gasteiger partial charge in [0.15, 0.2) is 0 Å². The predicted molar refractivity (Wildman–Crippen MR) is 63.9 cm³/mol. The van der Waals surface area contributed by atoms with E-state index >= 15 is 0 Å². The molecule has 2 rings (SSSR count). The third-order valence-corrected chi connectivity index (χ3v) is 4.03. The molecule has 0 spiro atoms. The van der Waals surface area contributed by atoms with E-state index in [2.05, 4.69) is 29.1 Å². The Hall–Kier alpha value is -0.450.